The maximum Gasteiger partial charge on any atom is 0.271 e. The molecule has 0 saturated carbocycles. The van der Waals surface area contributed by atoms with Gasteiger partial charge in [-0.15, -0.1) is 11.3 Å². The van der Waals surface area contributed by atoms with Gasteiger partial charge in [0.15, 0.2) is 0 Å². The number of benzene rings is 1. The molecule has 1 N–H and O–H groups in total. The third-order valence-corrected chi connectivity index (χ3v) is 4.39. The maximum absolute atomic E-state index is 12.1. The zero-order chi connectivity index (χ0) is 16.8. The Bertz CT molecular complexity index is 691. The first-order valence-corrected chi connectivity index (χ1v) is 8.24. The fraction of sp³-hybridized carbons (Fsp3) is 0.267. The van der Waals surface area contributed by atoms with Crippen LogP contribution in [0, 0.1) is 10.1 Å². The molecule has 0 bridgehead atoms. The molecule has 1 aromatic carbocycles. The van der Waals surface area contributed by atoms with Crippen LogP contribution in [0.5, 0.6) is 0 Å². The molecule has 23 heavy (non-hydrogen) atoms. The number of rotatable bonds is 7. The molecule has 1 amide bonds. The third-order valence-electron chi connectivity index (χ3n) is 3.21. The van der Waals surface area contributed by atoms with Gasteiger partial charge in [0.1, 0.15) is 0 Å². The van der Waals surface area contributed by atoms with Crippen LogP contribution < -0.4 is 5.32 Å². The molecule has 0 saturated heterocycles. The molecular formula is C15H16ClN3O3S. The van der Waals surface area contributed by atoms with E-state index in [-0.39, 0.29) is 23.2 Å². The number of halogens is 1. The van der Waals surface area contributed by atoms with Crippen LogP contribution in [0.4, 0.5) is 11.4 Å². The van der Waals surface area contributed by atoms with Gasteiger partial charge in [-0.25, -0.2) is 0 Å². The summed E-state index contributed by atoms with van der Waals surface area (Å²) in [6, 6.07) is 7.97. The molecule has 2 rings (SSSR count). The van der Waals surface area contributed by atoms with Crippen LogP contribution in [0.3, 0.4) is 0 Å². The van der Waals surface area contributed by atoms with Gasteiger partial charge in [0, 0.05) is 23.6 Å². The Kier molecular flexibility index (Phi) is 6.09. The normalized spacial score (nSPS) is 10.7. The first-order valence-electron chi connectivity index (χ1n) is 6.98. The van der Waals surface area contributed by atoms with Crippen molar-refractivity contribution < 1.29 is 9.72 Å². The predicted octanol–water partition coefficient (Wildman–Crippen LogP) is 3.77. The molecule has 8 heteroatoms. The van der Waals surface area contributed by atoms with Crippen LogP contribution in [0.15, 0.2) is 35.7 Å². The van der Waals surface area contributed by atoms with Crippen LogP contribution in [-0.4, -0.2) is 28.8 Å². The Morgan fingerprint density at radius 2 is 2.22 bits per heavy atom. The highest BCUT2D eigenvalue weighted by Gasteiger charge is 2.14. The van der Waals surface area contributed by atoms with Gasteiger partial charge in [-0.1, -0.05) is 24.6 Å². The van der Waals surface area contributed by atoms with Gasteiger partial charge in [0.05, 0.1) is 22.2 Å². The summed E-state index contributed by atoms with van der Waals surface area (Å²) in [7, 11) is 0. The molecule has 1 aromatic heterocycles. The smallest absolute Gasteiger partial charge is 0.271 e. The van der Waals surface area contributed by atoms with Crippen molar-refractivity contribution in [2.75, 3.05) is 18.4 Å². The monoisotopic (exact) mass is 353 g/mol. The van der Waals surface area contributed by atoms with E-state index in [0.717, 1.165) is 6.54 Å². The summed E-state index contributed by atoms with van der Waals surface area (Å²) >= 11 is 7.62. The Morgan fingerprint density at radius 3 is 2.78 bits per heavy atom. The quantitative estimate of drug-likeness (QED) is 0.607. The summed E-state index contributed by atoms with van der Waals surface area (Å²) in [6.07, 6.45) is 0. The Morgan fingerprint density at radius 1 is 1.43 bits per heavy atom. The lowest BCUT2D eigenvalue weighted by molar-refractivity contribution is -0.384. The molecule has 0 aliphatic heterocycles. The zero-order valence-corrected chi connectivity index (χ0v) is 14.1. The first kappa shape index (κ1) is 17.4. The number of nitrogens with one attached hydrogen (secondary N) is 1. The first-order chi connectivity index (χ1) is 11.0. The lowest BCUT2D eigenvalue weighted by atomic mass is 10.2. The fourth-order valence-electron chi connectivity index (χ4n) is 2.01. The molecule has 2 aromatic rings. The molecule has 0 aliphatic rings. The fourth-order valence-corrected chi connectivity index (χ4v) is 2.98. The number of nitro benzene ring substituents is 1. The van der Waals surface area contributed by atoms with Gasteiger partial charge in [0.25, 0.3) is 5.69 Å². The second-order valence-electron chi connectivity index (χ2n) is 4.85. The number of carbonyl (C=O) groups is 1. The molecule has 0 fully saturated rings. The molecule has 1 heterocycles. The van der Waals surface area contributed by atoms with E-state index in [0.29, 0.717) is 12.2 Å². The number of carbonyl (C=O) groups excluding carboxylic acids is 1. The molecule has 0 spiro atoms. The van der Waals surface area contributed by atoms with Crippen LogP contribution in [0.1, 0.15) is 11.8 Å². The minimum absolute atomic E-state index is 0.110. The number of hydrogen-bond donors (Lipinski definition) is 1. The van der Waals surface area contributed by atoms with Gasteiger partial charge in [-0.05, 0) is 24.1 Å². The van der Waals surface area contributed by atoms with Crippen molar-refractivity contribution in [1.29, 1.82) is 0 Å². The van der Waals surface area contributed by atoms with Crippen molar-refractivity contribution in [3.05, 3.63) is 55.7 Å². The van der Waals surface area contributed by atoms with Gasteiger partial charge in [-0.2, -0.15) is 0 Å². The Balaban J connectivity index is 1.96. The van der Waals surface area contributed by atoms with Crippen molar-refractivity contribution >= 4 is 40.2 Å². The van der Waals surface area contributed by atoms with Crippen molar-refractivity contribution in [2.45, 2.75) is 13.5 Å². The van der Waals surface area contributed by atoms with Crippen LogP contribution in [0.2, 0.25) is 5.02 Å². The minimum Gasteiger partial charge on any atom is -0.324 e. The lowest BCUT2D eigenvalue weighted by Gasteiger charge is -2.19. The van der Waals surface area contributed by atoms with Crippen LogP contribution in [-0.2, 0) is 11.3 Å². The van der Waals surface area contributed by atoms with Crippen molar-refractivity contribution in [3.8, 4) is 0 Å². The number of amides is 1. The van der Waals surface area contributed by atoms with E-state index in [2.05, 4.69) is 5.32 Å². The van der Waals surface area contributed by atoms with E-state index in [1.165, 1.54) is 23.1 Å². The second-order valence-corrected chi connectivity index (χ2v) is 6.29. The number of likely N-dealkylation sites (N-methyl/N-ethyl adjacent to an activating group) is 1. The highest BCUT2D eigenvalue weighted by atomic mass is 35.5. The molecule has 0 atom stereocenters. The molecule has 122 valence electrons. The predicted molar refractivity (Wildman–Crippen MR) is 92.0 cm³/mol. The van der Waals surface area contributed by atoms with E-state index in [1.807, 2.05) is 29.3 Å². The average molecular weight is 354 g/mol. The summed E-state index contributed by atoms with van der Waals surface area (Å²) < 4.78 is 0. The number of non-ortho nitro benzene ring substituents is 1. The van der Waals surface area contributed by atoms with E-state index in [9.17, 15) is 14.9 Å². The van der Waals surface area contributed by atoms with E-state index >= 15 is 0 Å². The van der Waals surface area contributed by atoms with Crippen LogP contribution >= 0.6 is 22.9 Å². The Hall–Kier alpha value is -1.96. The average Bonchev–Trinajstić information content (AvgIpc) is 3.01. The third kappa shape index (κ3) is 5.02. The topological polar surface area (TPSA) is 75.5 Å². The highest BCUT2D eigenvalue weighted by Crippen LogP contribution is 2.26. The SMILES string of the molecule is CCN(CC(=O)Nc1ccc([N+](=O)[O-])cc1Cl)Cc1cccs1. The zero-order valence-electron chi connectivity index (χ0n) is 12.5. The summed E-state index contributed by atoms with van der Waals surface area (Å²) in [5.74, 6) is -0.209. The summed E-state index contributed by atoms with van der Waals surface area (Å²) in [6.45, 7) is 3.65. The van der Waals surface area contributed by atoms with E-state index < -0.39 is 4.92 Å². The van der Waals surface area contributed by atoms with Gasteiger partial charge >= 0.3 is 0 Å². The largest absolute Gasteiger partial charge is 0.324 e. The lowest BCUT2D eigenvalue weighted by Crippen LogP contribution is -2.32. The Labute approximate surface area is 142 Å². The number of nitro groups is 1. The summed E-state index contributed by atoms with van der Waals surface area (Å²) in [4.78, 5) is 25.5. The van der Waals surface area contributed by atoms with E-state index in [1.54, 1.807) is 11.3 Å². The highest BCUT2D eigenvalue weighted by molar-refractivity contribution is 7.09. The van der Waals surface area contributed by atoms with Crippen molar-refractivity contribution in [1.82, 2.24) is 4.90 Å². The summed E-state index contributed by atoms with van der Waals surface area (Å²) in [5, 5.41) is 15.5. The number of thiophene rings is 1. The molecule has 6 nitrogen and oxygen atoms in total. The van der Waals surface area contributed by atoms with Gasteiger partial charge < -0.3 is 5.32 Å². The molecular weight excluding hydrogens is 338 g/mol. The number of hydrogen-bond acceptors (Lipinski definition) is 5. The van der Waals surface area contributed by atoms with Crippen LogP contribution in [0.25, 0.3) is 0 Å². The second kappa shape index (κ2) is 8.05. The molecule has 0 radical (unpaired) electrons. The molecule has 0 unspecified atom stereocenters. The maximum atomic E-state index is 12.1. The minimum atomic E-state index is -0.530. The van der Waals surface area contributed by atoms with E-state index in [4.69, 9.17) is 11.6 Å². The standard InChI is InChI=1S/C15H16ClN3O3S/c1-2-18(9-12-4-3-7-23-12)10-15(20)17-14-6-5-11(19(21)22)8-13(14)16/h3-8H,2,9-10H2,1H3,(H,17,20). The number of nitrogens with zero attached hydrogens (tertiary/aromatic N) is 2. The van der Waals surface area contributed by atoms with Crippen molar-refractivity contribution in [2.24, 2.45) is 0 Å². The summed E-state index contributed by atoms with van der Waals surface area (Å²) in [5.41, 5.74) is 0.260. The number of anilines is 1. The molecule has 0 aliphatic carbocycles. The van der Waals surface area contributed by atoms with Gasteiger partial charge in [-0.3, -0.25) is 19.8 Å². The van der Waals surface area contributed by atoms with Crippen molar-refractivity contribution in [3.63, 3.8) is 0 Å². The van der Waals surface area contributed by atoms with Gasteiger partial charge in [0.2, 0.25) is 5.91 Å².